The molecule has 0 bridgehead atoms. The first-order valence-corrected chi connectivity index (χ1v) is 15.0. The summed E-state index contributed by atoms with van der Waals surface area (Å²) >= 11 is 0. The molecular formula is C31H60O2. The van der Waals surface area contributed by atoms with Gasteiger partial charge in [0.05, 0.1) is 12.2 Å². The Hall–Kier alpha value is -0.0800. The van der Waals surface area contributed by atoms with Crippen LogP contribution in [0.15, 0.2) is 0 Å². The molecule has 2 aliphatic rings. The Bertz CT molecular complexity index is 531. The maximum atomic E-state index is 11.2. The molecule has 6 unspecified atom stereocenters. The molecule has 2 aliphatic carbocycles. The lowest BCUT2D eigenvalue weighted by molar-refractivity contribution is -0.00574. The molecule has 0 radical (unpaired) electrons. The molecule has 0 aromatic carbocycles. The van der Waals surface area contributed by atoms with Gasteiger partial charge in [-0.15, -0.1) is 0 Å². The van der Waals surface area contributed by atoms with E-state index in [1.165, 1.54) is 64.2 Å². The zero-order chi connectivity index (χ0) is 24.8. The standard InChI is InChI=1S/C31H60O2/c1-9-25-14-16-26(17-15-25)30(33)24(8)28(21(4)5)19-13-23(7)29(32)22(6)12-18-27-20-31(27,10-2)11-3/h21-30,32-33H,9-20H2,1-8H3/t22?,23?,24?,25?,26?,27?,28-,29?,30?/m1/s1. The van der Waals surface area contributed by atoms with E-state index >= 15 is 0 Å². The second-order valence-corrected chi connectivity index (χ2v) is 13.0. The van der Waals surface area contributed by atoms with Crippen molar-refractivity contribution >= 4 is 0 Å². The first kappa shape index (κ1) is 29.2. The maximum Gasteiger partial charge on any atom is 0.0596 e. The Balaban J connectivity index is 1.80. The normalized spacial score (nSPS) is 30.5. The van der Waals surface area contributed by atoms with Crippen LogP contribution in [-0.2, 0) is 0 Å². The van der Waals surface area contributed by atoms with Gasteiger partial charge >= 0.3 is 0 Å². The van der Waals surface area contributed by atoms with Gasteiger partial charge in [-0.25, -0.2) is 0 Å². The second kappa shape index (κ2) is 13.3. The van der Waals surface area contributed by atoms with Crippen LogP contribution in [0, 0.1) is 52.8 Å². The molecule has 2 fully saturated rings. The summed E-state index contributed by atoms with van der Waals surface area (Å²) in [5.74, 6) is 4.47. The highest BCUT2D eigenvalue weighted by atomic mass is 16.3. The molecule has 0 aliphatic heterocycles. The lowest BCUT2D eigenvalue weighted by Crippen LogP contribution is -2.36. The molecule has 0 saturated heterocycles. The Kier molecular flexibility index (Phi) is 11.7. The van der Waals surface area contributed by atoms with Crippen LogP contribution in [0.2, 0.25) is 0 Å². The summed E-state index contributed by atoms with van der Waals surface area (Å²) in [6.45, 7) is 18.5. The van der Waals surface area contributed by atoms with E-state index in [2.05, 4.69) is 55.4 Å². The summed E-state index contributed by atoms with van der Waals surface area (Å²) in [7, 11) is 0. The van der Waals surface area contributed by atoms with Crippen LogP contribution in [0.1, 0.15) is 132 Å². The van der Waals surface area contributed by atoms with Crippen molar-refractivity contribution in [3.63, 3.8) is 0 Å². The van der Waals surface area contributed by atoms with Crippen molar-refractivity contribution in [2.24, 2.45) is 52.8 Å². The van der Waals surface area contributed by atoms with E-state index < -0.39 is 0 Å². The van der Waals surface area contributed by atoms with Crippen LogP contribution in [0.4, 0.5) is 0 Å². The largest absolute Gasteiger partial charge is 0.393 e. The lowest BCUT2D eigenvalue weighted by atomic mass is 9.70. The number of aliphatic hydroxyl groups is 2. The van der Waals surface area contributed by atoms with Crippen LogP contribution >= 0.6 is 0 Å². The fraction of sp³-hybridized carbons (Fsp3) is 1.00. The van der Waals surface area contributed by atoms with Crippen molar-refractivity contribution in [3.8, 4) is 0 Å². The summed E-state index contributed by atoms with van der Waals surface area (Å²) in [6.07, 6.45) is 14.7. The van der Waals surface area contributed by atoms with Gasteiger partial charge in [0, 0.05) is 0 Å². The molecular weight excluding hydrogens is 404 g/mol. The number of hydrogen-bond donors (Lipinski definition) is 2. The zero-order valence-corrected chi connectivity index (χ0v) is 23.7. The van der Waals surface area contributed by atoms with Gasteiger partial charge in [0.2, 0.25) is 0 Å². The average molecular weight is 465 g/mol. The summed E-state index contributed by atoms with van der Waals surface area (Å²) in [5.41, 5.74) is 0.632. The number of hydrogen-bond acceptors (Lipinski definition) is 2. The van der Waals surface area contributed by atoms with Gasteiger partial charge in [-0.05, 0) is 97.7 Å². The molecule has 2 heteroatoms. The third kappa shape index (κ3) is 7.70. The molecule has 2 rings (SSSR count). The van der Waals surface area contributed by atoms with Gasteiger partial charge < -0.3 is 10.2 Å². The third-order valence-corrected chi connectivity index (χ3v) is 10.9. The Morgan fingerprint density at radius 3 is 1.85 bits per heavy atom. The van der Waals surface area contributed by atoms with Gasteiger partial charge in [-0.3, -0.25) is 0 Å². The fourth-order valence-electron chi connectivity index (χ4n) is 7.60. The first-order chi connectivity index (χ1) is 15.6. The summed E-state index contributed by atoms with van der Waals surface area (Å²) in [4.78, 5) is 0. The Morgan fingerprint density at radius 2 is 1.36 bits per heavy atom. The highest BCUT2D eigenvalue weighted by molar-refractivity contribution is 5.00. The van der Waals surface area contributed by atoms with E-state index in [0.717, 1.165) is 24.7 Å². The minimum Gasteiger partial charge on any atom is -0.393 e. The van der Waals surface area contributed by atoms with Crippen LogP contribution in [-0.4, -0.2) is 22.4 Å². The van der Waals surface area contributed by atoms with Gasteiger partial charge in [-0.2, -0.15) is 0 Å². The quantitative estimate of drug-likeness (QED) is 0.255. The van der Waals surface area contributed by atoms with Crippen LogP contribution in [0.5, 0.6) is 0 Å². The van der Waals surface area contributed by atoms with Crippen molar-refractivity contribution in [2.75, 3.05) is 0 Å². The number of rotatable bonds is 15. The molecule has 196 valence electrons. The van der Waals surface area contributed by atoms with E-state index in [1.54, 1.807) is 0 Å². The molecule has 2 nitrogen and oxygen atoms in total. The van der Waals surface area contributed by atoms with E-state index in [0.29, 0.717) is 40.9 Å². The molecule has 0 aromatic heterocycles. The fourth-order valence-corrected chi connectivity index (χ4v) is 7.60. The molecule has 7 atom stereocenters. The van der Waals surface area contributed by atoms with Gasteiger partial charge in [0.1, 0.15) is 0 Å². The SMILES string of the molecule is CCC1CCC(C(O)C(C)[C@H](CCC(C)C(O)C(C)CCC2CC2(CC)CC)C(C)C)CC1. The highest BCUT2D eigenvalue weighted by Gasteiger charge is 2.50. The second-order valence-electron chi connectivity index (χ2n) is 13.0. The van der Waals surface area contributed by atoms with Crippen LogP contribution in [0.25, 0.3) is 0 Å². The van der Waals surface area contributed by atoms with Crippen LogP contribution < -0.4 is 0 Å². The third-order valence-electron chi connectivity index (χ3n) is 10.9. The minimum atomic E-state index is -0.196. The van der Waals surface area contributed by atoms with E-state index in [4.69, 9.17) is 0 Å². The molecule has 33 heavy (non-hydrogen) atoms. The maximum absolute atomic E-state index is 11.2. The molecule has 0 spiro atoms. The number of aliphatic hydroxyl groups excluding tert-OH is 2. The van der Waals surface area contributed by atoms with E-state index in [9.17, 15) is 10.2 Å². The smallest absolute Gasteiger partial charge is 0.0596 e. The van der Waals surface area contributed by atoms with Crippen molar-refractivity contribution in [2.45, 2.75) is 145 Å². The van der Waals surface area contributed by atoms with E-state index in [1.807, 2.05) is 0 Å². The van der Waals surface area contributed by atoms with Crippen molar-refractivity contribution in [1.82, 2.24) is 0 Å². The molecule has 0 amide bonds. The van der Waals surface area contributed by atoms with Crippen molar-refractivity contribution in [1.29, 1.82) is 0 Å². The van der Waals surface area contributed by atoms with Gasteiger partial charge in [0.25, 0.3) is 0 Å². The van der Waals surface area contributed by atoms with Gasteiger partial charge in [-0.1, -0.05) is 87.5 Å². The Morgan fingerprint density at radius 1 is 0.788 bits per heavy atom. The lowest BCUT2D eigenvalue weighted by Gasteiger charge is -2.38. The molecule has 2 saturated carbocycles. The average Bonchev–Trinajstić information content (AvgIpc) is 3.54. The molecule has 0 aromatic rings. The van der Waals surface area contributed by atoms with Gasteiger partial charge in [0.15, 0.2) is 0 Å². The summed E-state index contributed by atoms with van der Waals surface area (Å²) in [6, 6.07) is 0. The summed E-state index contributed by atoms with van der Waals surface area (Å²) in [5, 5.41) is 22.3. The van der Waals surface area contributed by atoms with E-state index in [-0.39, 0.29) is 12.2 Å². The first-order valence-electron chi connectivity index (χ1n) is 15.0. The minimum absolute atomic E-state index is 0.162. The highest BCUT2D eigenvalue weighted by Crippen LogP contribution is 2.60. The monoisotopic (exact) mass is 464 g/mol. The van der Waals surface area contributed by atoms with Crippen LogP contribution in [0.3, 0.4) is 0 Å². The molecule has 0 heterocycles. The molecule has 2 N–H and O–H groups in total. The van der Waals surface area contributed by atoms with Crippen molar-refractivity contribution < 1.29 is 10.2 Å². The van der Waals surface area contributed by atoms with Crippen molar-refractivity contribution in [3.05, 3.63) is 0 Å². The topological polar surface area (TPSA) is 40.5 Å². The predicted octanol–water partition coefficient (Wildman–Crippen LogP) is 8.49. The zero-order valence-electron chi connectivity index (χ0n) is 23.7. The summed E-state index contributed by atoms with van der Waals surface area (Å²) < 4.78 is 0. The Labute approximate surface area is 207 Å². The predicted molar refractivity (Wildman–Crippen MR) is 143 cm³/mol.